The molecule has 0 aromatic heterocycles. The number of methoxy groups -OCH3 is 2. The summed E-state index contributed by atoms with van der Waals surface area (Å²) in [6, 6.07) is 12.3. The molecule has 0 bridgehead atoms. The van der Waals surface area contributed by atoms with Crippen LogP contribution in [-0.2, 0) is 6.54 Å². The lowest BCUT2D eigenvalue weighted by Crippen LogP contribution is -2.51. The highest BCUT2D eigenvalue weighted by Crippen LogP contribution is 2.25. The van der Waals surface area contributed by atoms with Crippen LogP contribution in [0.15, 0.2) is 36.4 Å². The van der Waals surface area contributed by atoms with Gasteiger partial charge in [-0.05, 0) is 44.5 Å². The van der Waals surface area contributed by atoms with Gasteiger partial charge < -0.3 is 19.7 Å². The number of hydrogen-bond acceptors (Lipinski definition) is 4. The zero-order valence-corrected chi connectivity index (χ0v) is 18.7. The Morgan fingerprint density at radius 2 is 1.67 bits per heavy atom. The van der Waals surface area contributed by atoms with Crippen LogP contribution in [0, 0.1) is 13.8 Å². The second-order valence-corrected chi connectivity index (χ2v) is 8.03. The van der Waals surface area contributed by atoms with Crippen LogP contribution < -0.4 is 14.8 Å². The number of carbonyl (C=O) groups excluding carboxylic acids is 1. The molecule has 2 aromatic rings. The van der Waals surface area contributed by atoms with Gasteiger partial charge in [-0.3, -0.25) is 4.90 Å². The molecule has 0 radical (unpaired) electrons. The molecule has 6 nitrogen and oxygen atoms in total. The lowest BCUT2D eigenvalue weighted by molar-refractivity contribution is 0.133. The third kappa shape index (κ3) is 5.45. The number of urea groups is 1. The normalized spacial score (nSPS) is 15.6. The first-order chi connectivity index (χ1) is 14.4. The van der Waals surface area contributed by atoms with Crippen molar-refractivity contribution >= 4 is 6.03 Å². The fourth-order valence-corrected chi connectivity index (χ4v) is 3.98. The third-order valence-corrected chi connectivity index (χ3v) is 5.63. The highest BCUT2D eigenvalue weighted by atomic mass is 16.5. The van der Waals surface area contributed by atoms with Gasteiger partial charge in [-0.25, -0.2) is 4.79 Å². The fraction of sp³-hybridized carbons (Fsp3) is 0.458. The van der Waals surface area contributed by atoms with Gasteiger partial charge in [0.05, 0.1) is 20.3 Å². The maximum Gasteiger partial charge on any atom is 0.317 e. The molecule has 0 spiro atoms. The molecule has 0 saturated carbocycles. The average molecular weight is 412 g/mol. The van der Waals surface area contributed by atoms with E-state index in [0.717, 1.165) is 42.3 Å². The van der Waals surface area contributed by atoms with E-state index in [4.69, 9.17) is 9.47 Å². The number of ether oxygens (including phenoxy) is 2. The first kappa shape index (κ1) is 22.0. The minimum atomic E-state index is -0.0184. The van der Waals surface area contributed by atoms with E-state index in [2.05, 4.69) is 42.3 Å². The summed E-state index contributed by atoms with van der Waals surface area (Å²) in [6.07, 6.45) is 0. The summed E-state index contributed by atoms with van der Waals surface area (Å²) in [4.78, 5) is 17.0. The molecule has 2 amide bonds. The molecule has 6 heteroatoms. The van der Waals surface area contributed by atoms with Gasteiger partial charge in [0.15, 0.2) is 0 Å². The lowest BCUT2D eigenvalue weighted by atomic mass is 10.0. The Hall–Kier alpha value is -2.73. The molecule has 162 valence electrons. The Bertz CT molecular complexity index is 856. The predicted octanol–water partition coefficient (Wildman–Crippen LogP) is 3.91. The molecule has 1 atom stereocenters. The number of hydrogen-bond donors (Lipinski definition) is 1. The summed E-state index contributed by atoms with van der Waals surface area (Å²) in [6.45, 7) is 10.0. The SMILES string of the molecule is COc1ccc(OC)c(CN2CCN(C(=O)NC(C)c3cc(C)cc(C)c3)CC2)c1. The molecule has 1 saturated heterocycles. The van der Waals surface area contributed by atoms with Gasteiger partial charge in [0.1, 0.15) is 11.5 Å². The quantitative estimate of drug-likeness (QED) is 0.783. The number of amides is 2. The number of aryl methyl sites for hydroxylation is 2. The summed E-state index contributed by atoms with van der Waals surface area (Å²) >= 11 is 0. The summed E-state index contributed by atoms with van der Waals surface area (Å²) in [5.41, 5.74) is 4.67. The predicted molar refractivity (Wildman–Crippen MR) is 119 cm³/mol. The van der Waals surface area contributed by atoms with E-state index >= 15 is 0 Å². The van der Waals surface area contributed by atoms with Gasteiger partial charge in [-0.1, -0.05) is 29.3 Å². The number of carbonyl (C=O) groups is 1. The van der Waals surface area contributed by atoms with E-state index in [-0.39, 0.29) is 12.1 Å². The Kier molecular flexibility index (Phi) is 7.21. The van der Waals surface area contributed by atoms with Crippen LogP contribution in [0.25, 0.3) is 0 Å². The van der Waals surface area contributed by atoms with E-state index < -0.39 is 0 Å². The van der Waals surface area contributed by atoms with Crippen molar-refractivity contribution < 1.29 is 14.3 Å². The number of benzene rings is 2. The molecule has 1 aliphatic rings. The van der Waals surface area contributed by atoms with Crippen molar-refractivity contribution in [3.8, 4) is 11.5 Å². The zero-order valence-electron chi connectivity index (χ0n) is 18.7. The van der Waals surface area contributed by atoms with Crippen molar-refractivity contribution in [3.05, 3.63) is 58.7 Å². The molecule has 1 fully saturated rings. The summed E-state index contributed by atoms with van der Waals surface area (Å²) in [7, 11) is 3.35. The number of nitrogens with zero attached hydrogens (tertiary/aromatic N) is 2. The van der Waals surface area contributed by atoms with Crippen molar-refractivity contribution in [1.82, 2.24) is 15.1 Å². The van der Waals surface area contributed by atoms with Crippen LogP contribution in [-0.4, -0.2) is 56.2 Å². The van der Waals surface area contributed by atoms with E-state index in [1.807, 2.05) is 30.0 Å². The number of piperazine rings is 1. The van der Waals surface area contributed by atoms with Crippen LogP contribution in [0.1, 0.15) is 35.2 Å². The first-order valence-corrected chi connectivity index (χ1v) is 10.5. The van der Waals surface area contributed by atoms with Crippen molar-refractivity contribution in [1.29, 1.82) is 0 Å². The van der Waals surface area contributed by atoms with Gasteiger partial charge in [0.25, 0.3) is 0 Å². The van der Waals surface area contributed by atoms with Crippen molar-refractivity contribution in [2.45, 2.75) is 33.4 Å². The Morgan fingerprint density at radius 1 is 1.00 bits per heavy atom. The van der Waals surface area contributed by atoms with Crippen LogP contribution in [0.2, 0.25) is 0 Å². The van der Waals surface area contributed by atoms with Crippen molar-refractivity contribution in [2.24, 2.45) is 0 Å². The fourth-order valence-electron chi connectivity index (χ4n) is 3.98. The van der Waals surface area contributed by atoms with Crippen LogP contribution >= 0.6 is 0 Å². The van der Waals surface area contributed by atoms with Crippen LogP contribution in [0.3, 0.4) is 0 Å². The second kappa shape index (κ2) is 9.85. The molecule has 1 unspecified atom stereocenters. The Morgan fingerprint density at radius 3 is 2.27 bits per heavy atom. The molecule has 1 heterocycles. The highest BCUT2D eigenvalue weighted by molar-refractivity contribution is 5.74. The molecular weight excluding hydrogens is 378 g/mol. The Balaban J connectivity index is 1.54. The minimum absolute atomic E-state index is 0.000250. The third-order valence-electron chi connectivity index (χ3n) is 5.63. The maximum atomic E-state index is 12.8. The first-order valence-electron chi connectivity index (χ1n) is 10.5. The summed E-state index contributed by atoms with van der Waals surface area (Å²) < 4.78 is 10.8. The second-order valence-electron chi connectivity index (χ2n) is 8.03. The molecule has 3 rings (SSSR count). The van der Waals surface area contributed by atoms with Gasteiger partial charge in [-0.15, -0.1) is 0 Å². The molecule has 0 aliphatic carbocycles. The van der Waals surface area contributed by atoms with Crippen LogP contribution in [0.4, 0.5) is 4.79 Å². The van der Waals surface area contributed by atoms with Crippen molar-refractivity contribution in [2.75, 3.05) is 40.4 Å². The van der Waals surface area contributed by atoms with Crippen molar-refractivity contribution in [3.63, 3.8) is 0 Å². The minimum Gasteiger partial charge on any atom is -0.497 e. The molecule has 1 aliphatic heterocycles. The summed E-state index contributed by atoms with van der Waals surface area (Å²) in [5.74, 6) is 1.68. The Labute approximate surface area is 179 Å². The molecular formula is C24H33N3O3. The van der Waals surface area contributed by atoms with E-state index in [1.165, 1.54) is 11.1 Å². The van der Waals surface area contributed by atoms with E-state index in [9.17, 15) is 4.79 Å². The monoisotopic (exact) mass is 411 g/mol. The lowest BCUT2D eigenvalue weighted by Gasteiger charge is -2.35. The van der Waals surface area contributed by atoms with Gasteiger partial charge in [0.2, 0.25) is 0 Å². The molecule has 30 heavy (non-hydrogen) atoms. The topological polar surface area (TPSA) is 54.0 Å². The van der Waals surface area contributed by atoms with Crippen LogP contribution in [0.5, 0.6) is 11.5 Å². The van der Waals surface area contributed by atoms with Gasteiger partial charge in [-0.2, -0.15) is 0 Å². The smallest absolute Gasteiger partial charge is 0.317 e. The summed E-state index contributed by atoms with van der Waals surface area (Å²) in [5, 5.41) is 3.15. The van der Waals surface area contributed by atoms with E-state index in [1.54, 1.807) is 14.2 Å². The largest absolute Gasteiger partial charge is 0.497 e. The zero-order chi connectivity index (χ0) is 21.7. The standard InChI is InChI=1S/C24H33N3O3/c1-17-12-18(2)14-20(13-17)19(3)25-24(28)27-10-8-26(9-11-27)16-21-15-22(29-4)6-7-23(21)30-5/h6-7,12-15,19H,8-11,16H2,1-5H3,(H,25,28). The van der Waals surface area contributed by atoms with E-state index in [0.29, 0.717) is 13.1 Å². The average Bonchev–Trinajstić information content (AvgIpc) is 2.73. The van der Waals surface area contributed by atoms with Gasteiger partial charge in [0, 0.05) is 38.3 Å². The number of nitrogens with one attached hydrogen (secondary N) is 1. The van der Waals surface area contributed by atoms with Gasteiger partial charge >= 0.3 is 6.03 Å². The molecule has 1 N–H and O–H groups in total. The maximum absolute atomic E-state index is 12.8. The number of rotatable bonds is 6. The highest BCUT2D eigenvalue weighted by Gasteiger charge is 2.23. The molecule has 2 aromatic carbocycles.